The fraction of sp³-hybridized carbons (Fsp3) is 0.188. The van der Waals surface area contributed by atoms with E-state index in [4.69, 9.17) is 23.8 Å². The van der Waals surface area contributed by atoms with Crippen molar-refractivity contribution in [2.24, 2.45) is 0 Å². The Morgan fingerprint density at radius 3 is 2.70 bits per heavy atom. The molecule has 0 radical (unpaired) electrons. The molecule has 1 aromatic heterocycles. The maximum Gasteiger partial charge on any atom is 0.263 e. The van der Waals surface area contributed by atoms with Gasteiger partial charge in [-0.25, -0.2) is 4.68 Å². The summed E-state index contributed by atoms with van der Waals surface area (Å²) in [4.78, 5) is 12.3. The van der Waals surface area contributed by atoms with Crippen LogP contribution in [0.5, 0.6) is 0 Å². The van der Waals surface area contributed by atoms with Crippen molar-refractivity contribution in [1.82, 2.24) is 15.1 Å². The van der Waals surface area contributed by atoms with Gasteiger partial charge in [-0.05, 0) is 38.5 Å². The summed E-state index contributed by atoms with van der Waals surface area (Å²) < 4.78 is 2.16. The van der Waals surface area contributed by atoms with Crippen LogP contribution in [0.25, 0.3) is 11.8 Å². The number of nitrogens with one attached hydrogen (secondary N) is 1. The van der Waals surface area contributed by atoms with Crippen LogP contribution in [0.1, 0.15) is 22.4 Å². The Morgan fingerprint density at radius 1 is 1.35 bits per heavy atom. The number of amides is 1. The number of halogens is 1. The van der Waals surface area contributed by atoms with E-state index in [1.54, 1.807) is 10.8 Å². The van der Waals surface area contributed by atoms with E-state index in [0.29, 0.717) is 14.4 Å². The summed E-state index contributed by atoms with van der Waals surface area (Å²) >= 11 is 12.8. The molecule has 3 rings (SSSR count). The normalized spacial score (nSPS) is 16.3. The third-order valence-corrected chi connectivity index (χ3v) is 5.07. The van der Waals surface area contributed by atoms with Crippen molar-refractivity contribution in [3.8, 4) is 5.69 Å². The second kappa shape index (κ2) is 6.11. The molecule has 1 aliphatic rings. The fourth-order valence-corrected chi connectivity index (χ4v) is 3.78. The number of carbonyl (C=O) groups is 1. The summed E-state index contributed by atoms with van der Waals surface area (Å²) in [6.45, 7) is 5.93. The van der Waals surface area contributed by atoms with Crippen molar-refractivity contribution in [2.75, 3.05) is 0 Å². The Hall–Kier alpha value is -1.63. The number of thioether (sulfide) groups is 1. The van der Waals surface area contributed by atoms with Gasteiger partial charge in [-0.3, -0.25) is 4.79 Å². The van der Waals surface area contributed by atoms with Gasteiger partial charge in [0.2, 0.25) is 0 Å². The van der Waals surface area contributed by atoms with Crippen LogP contribution in [-0.2, 0) is 4.79 Å². The van der Waals surface area contributed by atoms with Gasteiger partial charge in [0.25, 0.3) is 5.91 Å². The molecule has 0 aliphatic carbocycles. The molecule has 1 fully saturated rings. The van der Waals surface area contributed by atoms with E-state index < -0.39 is 0 Å². The molecular weight excluding hydrogens is 350 g/mol. The Bertz CT molecular complexity index is 870. The first kappa shape index (κ1) is 16.2. The average Bonchev–Trinajstić information content (AvgIpc) is 2.92. The van der Waals surface area contributed by atoms with Gasteiger partial charge in [0.05, 0.1) is 16.3 Å². The lowest BCUT2D eigenvalue weighted by molar-refractivity contribution is -0.115. The van der Waals surface area contributed by atoms with E-state index >= 15 is 0 Å². The highest BCUT2D eigenvalue weighted by molar-refractivity contribution is 8.26. The molecule has 7 heteroatoms. The van der Waals surface area contributed by atoms with E-state index in [0.717, 1.165) is 22.5 Å². The maximum atomic E-state index is 11.8. The van der Waals surface area contributed by atoms with Crippen molar-refractivity contribution >= 4 is 51.9 Å². The number of hydrogen-bond donors (Lipinski definition) is 1. The molecule has 1 aromatic carbocycles. The van der Waals surface area contributed by atoms with Crippen molar-refractivity contribution in [3.05, 3.63) is 50.6 Å². The summed E-state index contributed by atoms with van der Waals surface area (Å²) in [5.41, 5.74) is 4.68. The third kappa shape index (κ3) is 3.06. The molecule has 23 heavy (non-hydrogen) atoms. The number of thiocarbonyl (C=S) groups is 1. The van der Waals surface area contributed by atoms with E-state index in [2.05, 4.69) is 16.5 Å². The monoisotopic (exact) mass is 363 g/mol. The highest BCUT2D eigenvalue weighted by Crippen LogP contribution is 2.31. The molecule has 0 atom stereocenters. The van der Waals surface area contributed by atoms with Crippen molar-refractivity contribution in [2.45, 2.75) is 20.8 Å². The molecule has 118 valence electrons. The minimum atomic E-state index is -0.199. The lowest BCUT2D eigenvalue weighted by atomic mass is 10.1. The van der Waals surface area contributed by atoms with Gasteiger partial charge >= 0.3 is 0 Å². The molecule has 0 unspecified atom stereocenters. The summed E-state index contributed by atoms with van der Waals surface area (Å²) in [6, 6.07) is 6.10. The molecule has 0 saturated carbocycles. The van der Waals surface area contributed by atoms with Crippen LogP contribution in [0.4, 0.5) is 0 Å². The van der Waals surface area contributed by atoms with Crippen LogP contribution < -0.4 is 5.32 Å². The number of aryl methyl sites for hydroxylation is 3. The van der Waals surface area contributed by atoms with Crippen LogP contribution in [0, 0.1) is 20.8 Å². The molecule has 1 amide bonds. The van der Waals surface area contributed by atoms with Gasteiger partial charge in [-0.15, -0.1) is 0 Å². The Balaban J connectivity index is 2.08. The number of nitrogens with zero attached hydrogens (tertiary/aromatic N) is 2. The zero-order chi connectivity index (χ0) is 16.7. The minimum Gasteiger partial charge on any atom is -0.307 e. The zero-order valence-electron chi connectivity index (χ0n) is 12.8. The van der Waals surface area contributed by atoms with E-state index in [1.807, 2.05) is 32.9 Å². The lowest BCUT2D eigenvalue weighted by Gasteiger charge is -2.08. The van der Waals surface area contributed by atoms with Gasteiger partial charge < -0.3 is 5.32 Å². The predicted octanol–water partition coefficient (Wildman–Crippen LogP) is 3.94. The van der Waals surface area contributed by atoms with Crippen LogP contribution in [-0.4, -0.2) is 20.0 Å². The Morgan fingerprint density at radius 2 is 2.09 bits per heavy atom. The standard InChI is InChI=1S/C16H14ClN3OS2/c1-8-4-5-12(9(2)6-8)20-14(17)11(10(3)19-20)7-13-15(21)18-16(22)23-13/h4-7H,1-3H3,(H,18,21,22)/b13-7-. The molecule has 1 saturated heterocycles. The first-order chi connectivity index (χ1) is 10.9. The summed E-state index contributed by atoms with van der Waals surface area (Å²) in [7, 11) is 0. The first-order valence-corrected chi connectivity index (χ1v) is 8.54. The molecule has 1 N–H and O–H groups in total. The predicted molar refractivity (Wildman–Crippen MR) is 99.1 cm³/mol. The van der Waals surface area contributed by atoms with E-state index in [1.165, 1.54) is 17.3 Å². The van der Waals surface area contributed by atoms with Gasteiger partial charge in [0, 0.05) is 5.56 Å². The van der Waals surface area contributed by atoms with Crippen molar-refractivity contribution in [3.63, 3.8) is 0 Å². The van der Waals surface area contributed by atoms with Crippen LogP contribution in [0.2, 0.25) is 5.15 Å². The molecule has 1 aliphatic heterocycles. The number of aromatic nitrogens is 2. The average molecular weight is 364 g/mol. The van der Waals surface area contributed by atoms with Gasteiger partial charge in [0.15, 0.2) is 0 Å². The molecule has 0 spiro atoms. The second-order valence-corrected chi connectivity index (χ2v) is 7.42. The van der Waals surface area contributed by atoms with E-state index in [-0.39, 0.29) is 5.91 Å². The number of rotatable bonds is 2. The molecular formula is C16H14ClN3OS2. The Labute approximate surface area is 148 Å². The SMILES string of the molecule is Cc1ccc(-n2nc(C)c(/C=C3\SC(=S)NC3=O)c2Cl)c(C)c1. The van der Waals surface area contributed by atoms with Crippen LogP contribution in [0.3, 0.4) is 0 Å². The molecule has 4 nitrogen and oxygen atoms in total. The maximum absolute atomic E-state index is 11.8. The van der Waals surface area contributed by atoms with Gasteiger partial charge in [0.1, 0.15) is 9.47 Å². The minimum absolute atomic E-state index is 0.199. The van der Waals surface area contributed by atoms with Crippen LogP contribution >= 0.6 is 35.6 Å². The highest BCUT2D eigenvalue weighted by Gasteiger charge is 2.24. The Kier molecular flexibility index (Phi) is 4.31. The molecule has 2 aromatic rings. The van der Waals surface area contributed by atoms with Crippen LogP contribution in [0.15, 0.2) is 23.1 Å². The lowest BCUT2D eigenvalue weighted by Crippen LogP contribution is -2.17. The topological polar surface area (TPSA) is 46.9 Å². The molecule has 2 heterocycles. The first-order valence-electron chi connectivity index (χ1n) is 6.94. The summed E-state index contributed by atoms with van der Waals surface area (Å²) in [6.07, 6.45) is 1.74. The second-order valence-electron chi connectivity index (χ2n) is 5.34. The summed E-state index contributed by atoms with van der Waals surface area (Å²) in [5.74, 6) is -0.199. The smallest absolute Gasteiger partial charge is 0.263 e. The summed E-state index contributed by atoms with van der Waals surface area (Å²) in [5, 5.41) is 7.60. The van der Waals surface area contributed by atoms with E-state index in [9.17, 15) is 4.79 Å². The highest BCUT2D eigenvalue weighted by atomic mass is 35.5. The number of hydrogen-bond acceptors (Lipinski definition) is 4. The van der Waals surface area contributed by atoms with Gasteiger partial charge in [-0.2, -0.15) is 5.10 Å². The quantitative estimate of drug-likeness (QED) is 0.648. The largest absolute Gasteiger partial charge is 0.307 e. The third-order valence-electron chi connectivity index (χ3n) is 3.55. The van der Waals surface area contributed by atoms with Crippen molar-refractivity contribution < 1.29 is 4.79 Å². The van der Waals surface area contributed by atoms with Crippen molar-refractivity contribution in [1.29, 1.82) is 0 Å². The number of carbonyl (C=O) groups excluding carboxylic acids is 1. The van der Waals surface area contributed by atoms with Gasteiger partial charge in [-0.1, -0.05) is 53.3 Å². The number of benzene rings is 1. The molecule has 0 bridgehead atoms. The zero-order valence-corrected chi connectivity index (χ0v) is 15.2. The fourth-order valence-electron chi connectivity index (χ4n) is 2.43.